The normalized spacial score (nSPS) is 14.7. The molecule has 2 aromatic rings. The van der Waals surface area contributed by atoms with Crippen molar-refractivity contribution in [3.05, 3.63) is 41.7 Å². The predicted molar refractivity (Wildman–Crippen MR) is 131 cm³/mol. The highest BCUT2D eigenvalue weighted by Gasteiger charge is 2.36. The Hall–Kier alpha value is -3.36. The molecule has 184 valence electrons. The monoisotopic (exact) mass is 468 g/mol. The quantitative estimate of drug-likeness (QED) is 0.641. The molecule has 1 aromatic heterocycles. The summed E-state index contributed by atoms with van der Waals surface area (Å²) in [4.78, 5) is 45.2. The molecule has 0 fully saturated rings. The van der Waals surface area contributed by atoms with E-state index >= 15 is 0 Å². The SMILES string of the molecule is CNC(=O)[C@@H](NC(=O)c1nc(-c2ccccc2)n2c1CN(C(=O)NC(C)(C)C)CC2)C(C)(C)C. The van der Waals surface area contributed by atoms with Crippen molar-refractivity contribution in [1.82, 2.24) is 30.4 Å². The number of carbonyl (C=O) groups is 3. The summed E-state index contributed by atoms with van der Waals surface area (Å²) in [6.45, 7) is 12.7. The van der Waals surface area contributed by atoms with E-state index in [9.17, 15) is 14.4 Å². The zero-order chi connectivity index (χ0) is 25.3. The van der Waals surface area contributed by atoms with Crippen LogP contribution in [-0.4, -0.2) is 57.5 Å². The molecule has 0 spiro atoms. The third-order valence-electron chi connectivity index (χ3n) is 5.67. The molecule has 3 N–H and O–H groups in total. The third kappa shape index (κ3) is 5.58. The first-order valence-electron chi connectivity index (χ1n) is 11.6. The highest BCUT2D eigenvalue weighted by molar-refractivity contribution is 5.98. The highest BCUT2D eigenvalue weighted by Crippen LogP contribution is 2.27. The minimum atomic E-state index is -0.744. The van der Waals surface area contributed by atoms with E-state index in [1.807, 2.05) is 76.4 Å². The maximum atomic E-state index is 13.5. The Bertz CT molecular complexity index is 1060. The molecule has 0 saturated carbocycles. The maximum absolute atomic E-state index is 13.5. The number of imidazole rings is 1. The van der Waals surface area contributed by atoms with Crippen molar-refractivity contribution < 1.29 is 14.4 Å². The summed E-state index contributed by atoms with van der Waals surface area (Å²) >= 11 is 0. The molecule has 0 aliphatic carbocycles. The summed E-state index contributed by atoms with van der Waals surface area (Å²) in [6.07, 6.45) is 0. The predicted octanol–water partition coefficient (Wildman–Crippen LogP) is 2.76. The molecule has 0 unspecified atom stereocenters. The molecule has 0 radical (unpaired) electrons. The number of nitrogens with zero attached hydrogens (tertiary/aromatic N) is 3. The van der Waals surface area contributed by atoms with E-state index in [4.69, 9.17) is 4.98 Å². The fraction of sp³-hybridized carbons (Fsp3) is 0.520. The van der Waals surface area contributed by atoms with Gasteiger partial charge >= 0.3 is 6.03 Å². The van der Waals surface area contributed by atoms with Crippen LogP contribution in [0.2, 0.25) is 0 Å². The number of rotatable bonds is 4. The maximum Gasteiger partial charge on any atom is 0.318 e. The van der Waals surface area contributed by atoms with Crippen molar-refractivity contribution in [3.63, 3.8) is 0 Å². The summed E-state index contributed by atoms with van der Waals surface area (Å²) in [5, 5.41) is 8.49. The van der Waals surface area contributed by atoms with Crippen LogP contribution in [0.4, 0.5) is 4.79 Å². The lowest BCUT2D eigenvalue weighted by molar-refractivity contribution is -0.124. The van der Waals surface area contributed by atoms with Crippen LogP contribution in [0.15, 0.2) is 30.3 Å². The van der Waals surface area contributed by atoms with Crippen LogP contribution in [0.3, 0.4) is 0 Å². The average Bonchev–Trinajstić information content (AvgIpc) is 3.14. The lowest BCUT2D eigenvalue weighted by atomic mass is 9.86. The van der Waals surface area contributed by atoms with Crippen molar-refractivity contribution in [2.45, 2.75) is 66.2 Å². The summed E-state index contributed by atoms with van der Waals surface area (Å²) in [5.74, 6) is -0.0418. The second kappa shape index (κ2) is 9.48. The molecule has 4 amide bonds. The number of aromatic nitrogens is 2. The lowest BCUT2D eigenvalue weighted by Gasteiger charge is -2.33. The van der Waals surface area contributed by atoms with Crippen LogP contribution >= 0.6 is 0 Å². The van der Waals surface area contributed by atoms with Gasteiger partial charge in [0, 0.05) is 31.2 Å². The minimum Gasteiger partial charge on any atom is -0.357 e. The number of carbonyl (C=O) groups excluding carboxylic acids is 3. The van der Waals surface area contributed by atoms with Gasteiger partial charge in [0.15, 0.2) is 5.69 Å². The topological polar surface area (TPSA) is 108 Å². The molecule has 1 aromatic carbocycles. The summed E-state index contributed by atoms with van der Waals surface area (Å²) in [6, 6.07) is 8.72. The third-order valence-corrected chi connectivity index (χ3v) is 5.67. The Morgan fingerprint density at radius 3 is 2.21 bits per heavy atom. The molecule has 0 saturated heterocycles. The van der Waals surface area contributed by atoms with Crippen molar-refractivity contribution >= 4 is 17.8 Å². The lowest BCUT2D eigenvalue weighted by Crippen LogP contribution is -2.53. The highest BCUT2D eigenvalue weighted by atomic mass is 16.2. The van der Waals surface area contributed by atoms with E-state index in [0.717, 1.165) is 5.56 Å². The van der Waals surface area contributed by atoms with Crippen LogP contribution in [0.1, 0.15) is 57.7 Å². The van der Waals surface area contributed by atoms with E-state index in [1.165, 1.54) is 0 Å². The van der Waals surface area contributed by atoms with Crippen LogP contribution < -0.4 is 16.0 Å². The molecule has 9 heteroatoms. The second-order valence-electron chi connectivity index (χ2n) is 10.7. The fourth-order valence-corrected chi connectivity index (χ4v) is 3.95. The second-order valence-corrected chi connectivity index (χ2v) is 10.7. The summed E-state index contributed by atoms with van der Waals surface area (Å²) in [7, 11) is 1.55. The number of amides is 4. The average molecular weight is 469 g/mol. The van der Waals surface area contributed by atoms with Gasteiger partial charge in [0.25, 0.3) is 5.91 Å². The standard InChI is InChI=1S/C25H36N6O3/c1-24(2,3)19(22(33)26-7)28-21(32)18-17-15-30(23(34)29-25(4,5)6)13-14-31(17)20(27-18)16-11-9-8-10-12-16/h8-12,19H,13-15H2,1-7H3,(H,26,33)(H,28,32)(H,29,34)/t19-/m1/s1. The zero-order valence-corrected chi connectivity index (χ0v) is 21.2. The Morgan fingerprint density at radius 1 is 1.00 bits per heavy atom. The Labute approximate surface area is 201 Å². The molecule has 2 heterocycles. The van der Waals surface area contributed by atoms with E-state index in [2.05, 4.69) is 16.0 Å². The summed E-state index contributed by atoms with van der Waals surface area (Å²) in [5.41, 5.74) is 0.879. The number of hydrogen-bond donors (Lipinski definition) is 3. The van der Waals surface area contributed by atoms with Crippen LogP contribution in [-0.2, 0) is 17.9 Å². The molecule has 9 nitrogen and oxygen atoms in total. The Morgan fingerprint density at radius 2 is 1.65 bits per heavy atom. The molecule has 3 rings (SSSR count). The van der Waals surface area contributed by atoms with Gasteiger partial charge in [-0.1, -0.05) is 51.1 Å². The van der Waals surface area contributed by atoms with Crippen LogP contribution in [0, 0.1) is 5.41 Å². The molecule has 34 heavy (non-hydrogen) atoms. The van der Waals surface area contributed by atoms with Crippen molar-refractivity contribution in [1.29, 1.82) is 0 Å². The van der Waals surface area contributed by atoms with Crippen molar-refractivity contribution in [3.8, 4) is 11.4 Å². The van der Waals surface area contributed by atoms with E-state index < -0.39 is 17.4 Å². The van der Waals surface area contributed by atoms with Gasteiger partial charge < -0.3 is 25.4 Å². The van der Waals surface area contributed by atoms with Gasteiger partial charge in [-0.25, -0.2) is 9.78 Å². The van der Waals surface area contributed by atoms with Crippen molar-refractivity contribution in [2.75, 3.05) is 13.6 Å². The van der Waals surface area contributed by atoms with Crippen molar-refractivity contribution in [2.24, 2.45) is 5.41 Å². The first kappa shape index (κ1) is 25.3. The molecule has 0 bridgehead atoms. The van der Waals surface area contributed by atoms with E-state index in [1.54, 1.807) is 11.9 Å². The number of hydrogen-bond acceptors (Lipinski definition) is 4. The Balaban J connectivity index is 2.00. The van der Waals surface area contributed by atoms with E-state index in [-0.39, 0.29) is 29.7 Å². The molecule has 1 aliphatic heterocycles. The Kier molecular flexibility index (Phi) is 7.05. The van der Waals surface area contributed by atoms with Gasteiger partial charge in [-0.15, -0.1) is 0 Å². The van der Waals surface area contributed by atoms with Gasteiger partial charge in [0.05, 0.1) is 12.2 Å². The first-order chi connectivity index (χ1) is 15.8. The van der Waals surface area contributed by atoms with Gasteiger partial charge in [0.2, 0.25) is 5.91 Å². The molecular weight excluding hydrogens is 432 g/mol. The number of fused-ring (bicyclic) bond motifs is 1. The van der Waals surface area contributed by atoms with E-state index in [0.29, 0.717) is 24.6 Å². The van der Waals surface area contributed by atoms with Crippen LogP contribution in [0.25, 0.3) is 11.4 Å². The smallest absolute Gasteiger partial charge is 0.318 e. The van der Waals surface area contributed by atoms with Gasteiger partial charge in [0.1, 0.15) is 11.9 Å². The van der Waals surface area contributed by atoms with Gasteiger partial charge in [-0.3, -0.25) is 9.59 Å². The molecular formula is C25H36N6O3. The van der Waals surface area contributed by atoms with Crippen LogP contribution in [0.5, 0.6) is 0 Å². The number of likely N-dealkylation sites (N-methyl/N-ethyl adjacent to an activating group) is 1. The molecule has 1 aliphatic rings. The summed E-state index contributed by atoms with van der Waals surface area (Å²) < 4.78 is 2.00. The number of nitrogens with one attached hydrogen (secondary N) is 3. The van der Waals surface area contributed by atoms with Gasteiger partial charge in [-0.05, 0) is 26.2 Å². The largest absolute Gasteiger partial charge is 0.357 e. The number of benzene rings is 1. The minimum absolute atomic E-state index is 0.189. The van der Waals surface area contributed by atoms with Gasteiger partial charge in [-0.2, -0.15) is 0 Å². The molecule has 1 atom stereocenters. The fourth-order valence-electron chi connectivity index (χ4n) is 3.95. The number of urea groups is 1. The first-order valence-corrected chi connectivity index (χ1v) is 11.6. The zero-order valence-electron chi connectivity index (χ0n) is 21.2.